The molecule has 0 radical (unpaired) electrons. The number of ether oxygens (including phenoxy) is 2. The molecule has 0 aliphatic heterocycles. The van der Waals surface area contributed by atoms with E-state index in [1.807, 2.05) is 6.26 Å². The number of carbonyl (C=O) groups is 3. The van der Waals surface area contributed by atoms with Crippen molar-refractivity contribution in [3.8, 4) is 0 Å². The Balaban J connectivity index is 5.01. The summed E-state index contributed by atoms with van der Waals surface area (Å²) in [6.07, 6.45) is 3.74. The van der Waals surface area contributed by atoms with Crippen molar-refractivity contribution in [2.45, 2.75) is 19.9 Å². The zero-order chi connectivity index (χ0) is 15.4. The first-order valence-electron chi connectivity index (χ1n) is 6.10. The molecule has 0 fully saturated rings. The minimum Gasteiger partial charge on any atom is -0.449 e. The van der Waals surface area contributed by atoms with Crippen molar-refractivity contribution in [2.24, 2.45) is 0 Å². The van der Waals surface area contributed by atoms with Crippen molar-refractivity contribution in [1.29, 1.82) is 0 Å². The molecule has 0 aliphatic carbocycles. The van der Waals surface area contributed by atoms with E-state index in [2.05, 4.69) is 5.43 Å². The van der Waals surface area contributed by atoms with E-state index < -0.39 is 18.2 Å². The lowest BCUT2D eigenvalue weighted by Crippen LogP contribution is -2.52. The molecule has 0 saturated carbocycles. The number of aldehydes is 1. The SMILES string of the molecule is CCOC(=O)NN(C(=O)OCC)[C@@H](/C=C/C=O)CSC. The normalized spacial score (nSPS) is 11.8. The number of carbonyl (C=O) groups excluding carboxylic acids is 3. The molecule has 0 aromatic rings. The summed E-state index contributed by atoms with van der Waals surface area (Å²) in [6.45, 7) is 3.66. The Bertz CT molecular complexity index is 349. The van der Waals surface area contributed by atoms with Gasteiger partial charge in [-0.05, 0) is 26.2 Å². The minimum atomic E-state index is -0.758. The van der Waals surface area contributed by atoms with E-state index in [0.717, 1.165) is 5.01 Å². The van der Waals surface area contributed by atoms with Crippen LogP contribution < -0.4 is 5.43 Å². The molecule has 0 unspecified atom stereocenters. The van der Waals surface area contributed by atoms with Crippen LogP contribution in [0.4, 0.5) is 9.59 Å². The van der Waals surface area contributed by atoms with Crippen LogP contribution in [0.3, 0.4) is 0 Å². The molecular formula is C12H20N2O5S. The summed E-state index contributed by atoms with van der Waals surface area (Å²) < 4.78 is 9.61. The van der Waals surface area contributed by atoms with Crippen LogP contribution in [0.2, 0.25) is 0 Å². The summed E-state index contributed by atoms with van der Waals surface area (Å²) in [7, 11) is 0. The van der Waals surface area contributed by atoms with Crippen molar-refractivity contribution in [1.82, 2.24) is 10.4 Å². The largest absolute Gasteiger partial charge is 0.449 e. The number of nitrogens with one attached hydrogen (secondary N) is 1. The molecule has 20 heavy (non-hydrogen) atoms. The number of allylic oxidation sites excluding steroid dienone is 1. The van der Waals surface area contributed by atoms with Crippen molar-refractivity contribution < 1.29 is 23.9 Å². The molecule has 0 aliphatic rings. The molecule has 8 heteroatoms. The summed E-state index contributed by atoms with van der Waals surface area (Å²) in [6, 6.07) is -0.515. The van der Waals surface area contributed by atoms with Gasteiger partial charge in [-0.15, -0.1) is 0 Å². The zero-order valence-corrected chi connectivity index (χ0v) is 12.6. The average molecular weight is 304 g/mol. The van der Waals surface area contributed by atoms with Crippen LogP contribution in [-0.4, -0.2) is 54.7 Å². The third-order valence-corrected chi connectivity index (χ3v) is 2.71. The predicted molar refractivity (Wildman–Crippen MR) is 76.4 cm³/mol. The number of thioether (sulfide) groups is 1. The van der Waals surface area contributed by atoms with E-state index in [0.29, 0.717) is 12.0 Å². The molecule has 0 aromatic carbocycles. The summed E-state index contributed by atoms with van der Waals surface area (Å²) in [4.78, 5) is 33.7. The van der Waals surface area contributed by atoms with Crippen LogP contribution in [0.5, 0.6) is 0 Å². The monoisotopic (exact) mass is 304 g/mol. The Kier molecular flexibility index (Phi) is 10.2. The lowest BCUT2D eigenvalue weighted by Gasteiger charge is -2.28. The average Bonchev–Trinajstić information content (AvgIpc) is 2.41. The standard InChI is InChI=1S/C12H20N2O5S/c1-4-18-11(16)13-14(12(17)19-5-2)10(9-20-3)7-6-8-15/h6-8,10H,4-5,9H2,1-3H3,(H,13,16)/b7-6+/t10-/m0/s1. The van der Waals surface area contributed by atoms with Crippen LogP contribution in [0, 0.1) is 0 Å². The lowest BCUT2D eigenvalue weighted by atomic mass is 10.3. The fraction of sp³-hybridized carbons (Fsp3) is 0.583. The van der Waals surface area contributed by atoms with Gasteiger partial charge in [0, 0.05) is 5.75 Å². The molecule has 0 aromatic heterocycles. The van der Waals surface area contributed by atoms with Gasteiger partial charge in [0.2, 0.25) is 0 Å². The first kappa shape index (κ1) is 18.3. The van der Waals surface area contributed by atoms with E-state index in [9.17, 15) is 14.4 Å². The second-order valence-electron chi connectivity index (χ2n) is 3.44. The maximum absolute atomic E-state index is 11.9. The summed E-state index contributed by atoms with van der Waals surface area (Å²) in [5.41, 5.74) is 2.31. The number of hydrazine groups is 1. The highest BCUT2D eigenvalue weighted by atomic mass is 32.2. The first-order chi connectivity index (χ1) is 9.60. The van der Waals surface area contributed by atoms with Gasteiger partial charge < -0.3 is 9.47 Å². The maximum atomic E-state index is 11.9. The molecule has 0 bridgehead atoms. The third-order valence-electron chi connectivity index (χ3n) is 2.03. The topological polar surface area (TPSA) is 84.9 Å². The van der Waals surface area contributed by atoms with E-state index in [1.54, 1.807) is 13.8 Å². The van der Waals surface area contributed by atoms with Crippen molar-refractivity contribution in [2.75, 3.05) is 25.2 Å². The molecule has 1 atom stereocenters. The van der Waals surface area contributed by atoms with Crippen LogP contribution in [0.25, 0.3) is 0 Å². The number of rotatable bonds is 7. The van der Waals surface area contributed by atoms with Crippen LogP contribution in [0.15, 0.2) is 12.2 Å². The summed E-state index contributed by atoms with van der Waals surface area (Å²) in [5.74, 6) is 0.482. The minimum absolute atomic E-state index is 0.170. The van der Waals surface area contributed by atoms with Gasteiger partial charge in [0.1, 0.15) is 6.29 Å². The van der Waals surface area contributed by atoms with Gasteiger partial charge in [0.15, 0.2) is 0 Å². The quantitative estimate of drug-likeness (QED) is 0.437. The molecule has 114 valence electrons. The van der Waals surface area contributed by atoms with Crippen molar-refractivity contribution >= 4 is 30.2 Å². The van der Waals surface area contributed by atoms with E-state index >= 15 is 0 Å². The van der Waals surface area contributed by atoms with Crippen molar-refractivity contribution in [3.63, 3.8) is 0 Å². The van der Waals surface area contributed by atoms with Crippen LogP contribution >= 0.6 is 11.8 Å². The van der Waals surface area contributed by atoms with E-state index in [1.165, 1.54) is 23.9 Å². The molecule has 0 spiro atoms. The lowest BCUT2D eigenvalue weighted by molar-refractivity contribution is -0.104. The molecular weight excluding hydrogens is 284 g/mol. The Morgan fingerprint density at radius 2 is 1.95 bits per heavy atom. The van der Waals surface area contributed by atoms with Gasteiger partial charge in [0.25, 0.3) is 0 Å². The van der Waals surface area contributed by atoms with Gasteiger partial charge in [-0.1, -0.05) is 6.08 Å². The third kappa shape index (κ3) is 7.03. The second-order valence-corrected chi connectivity index (χ2v) is 4.36. The van der Waals surface area contributed by atoms with E-state index in [-0.39, 0.29) is 13.2 Å². The number of hydrogen-bond acceptors (Lipinski definition) is 6. The molecule has 7 nitrogen and oxygen atoms in total. The van der Waals surface area contributed by atoms with Crippen molar-refractivity contribution in [3.05, 3.63) is 12.2 Å². The highest BCUT2D eigenvalue weighted by molar-refractivity contribution is 7.98. The Morgan fingerprint density at radius 1 is 1.30 bits per heavy atom. The summed E-state index contributed by atoms with van der Waals surface area (Å²) >= 11 is 1.46. The van der Waals surface area contributed by atoms with E-state index in [4.69, 9.17) is 9.47 Å². The van der Waals surface area contributed by atoms with Gasteiger partial charge in [-0.2, -0.15) is 11.8 Å². The Morgan fingerprint density at radius 3 is 2.45 bits per heavy atom. The smallest absolute Gasteiger partial charge is 0.429 e. The molecule has 0 heterocycles. The first-order valence-corrected chi connectivity index (χ1v) is 7.50. The Labute approximate surface area is 122 Å². The number of amides is 2. The fourth-order valence-corrected chi connectivity index (χ4v) is 1.88. The molecule has 1 N–H and O–H groups in total. The molecule has 2 amide bonds. The maximum Gasteiger partial charge on any atom is 0.429 e. The molecule has 0 rings (SSSR count). The van der Waals surface area contributed by atoms with Gasteiger partial charge in [-0.3, -0.25) is 4.79 Å². The van der Waals surface area contributed by atoms with Gasteiger partial charge in [0.05, 0.1) is 19.3 Å². The highest BCUT2D eigenvalue weighted by Gasteiger charge is 2.25. The molecule has 0 saturated heterocycles. The Hall–Kier alpha value is -1.70. The second kappa shape index (κ2) is 11.2. The fourth-order valence-electron chi connectivity index (χ4n) is 1.28. The van der Waals surface area contributed by atoms with Gasteiger partial charge in [-0.25, -0.2) is 20.0 Å². The number of nitrogens with zero attached hydrogens (tertiary/aromatic N) is 1. The predicted octanol–water partition coefficient (Wildman–Crippen LogP) is 1.59. The van der Waals surface area contributed by atoms with Crippen LogP contribution in [0.1, 0.15) is 13.8 Å². The summed E-state index contributed by atoms with van der Waals surface area (Å²) in [5, 5.41) is 1.01. The van der Waals surface area contributed by atoms with Crippen LogP contribution in [-0.2, 0) is 14.3 Å². The van der Waals surface area contributed by atoms with Gasteiger partial charge >= 0.3 is 12.2 Å². The highest BCUT2D eigenvalue weighted by Crippen LogP contribution is 2.08. The number of hydrogen-bond donors (Lipinski definition) is 1. The zero-order valence-electron chi connectivity index (χ0n) is 11.8.